The number of carbonyl (C=O) groups is 1. The van der Waals surface area contributed by atoms with E-state index in [1.807, 2.05) is 29.2 Å². The molecular weight excluding hydrogens is 313 g/mol. The normalized spacial score (nSPS) is 25.2. The summed E-state index contributed by atoms with van der Waals surface area (Å²) in [5, 5.41) is 0. The van der Waals surface area contributed by atoms with Crippen LogP contribution in [0.1, 0.15) is 53.0 Å². The lowest BCUT2D eigenvalue weighted by atomic mass is 9.79. The Hall–Kier alpha value is -1.33. The van der Waals surface area contributed by atoms with Crippen LogP contribution in [-0.4, -0.2) is 42.2 Å². The molecule has 0 radical (unpaired) electrons. The maximum Gasteiger partial charge on any atom is 0.494 e. The maximum absolute atomic E-state index is 12.5. The molecule has 0 N–H and O–H groups in total. The molecule has 2 aliphatic heterocycles. The van der Waals surface area contributed by atoms with Gasteiger partial charge in [-0.05, 0) is 57.5 Å². The predicted molar refractivity (Wildman–Crippen MR) is 101 cm³/mol. The molecule has 2 aliphatic rings. The zero-order valence-corrected chi connectivity index (χ0v) is 16.2. The van der Waals surface area contributed by atoms with Crippen LogP contribution in [0, 0.1) is 5.92 Å². The van der Waals surface area contributed by atoms with Gasteiger partial charge in [0.15, 0.2) is 0 Å². The van der Waals surface area contributed by atoms with E-state index in [1.165, 1.54) is 6.42 Å². The number of carbonyl (C=O) groups excluding carboxylic acids is 1. The van der Waals surface area contributed by atoms with Crippen LogP contribution in [-0.2, 0) is 20.5 Å². The maximum atomic E-state index is 12.5. The SMILES string of the molecule is CC1CCCN(C(=O)Cc2ccc(B3OC(C)(C)C(C)(C)O3)cc2)C1. The van der Waals surface area contributed by atoms with Crippen molar-refractivity contribution in [2.24, 2.45) is 5.92 Å². The standard InChI is InChI=1S/C20H30BNO3/c1-15-7-6-12-22(14-15)18(23)13-16-8-10-17(11-9-16)21-24-19(2,3)20(4,5)25-21/h8-11,15H,6-7,12-14H2,1-5H3. The molecule has 5 heteroatoms. The number of rotatable bonds is 3. The summed E-state index contributed by atoms with van der Waals surface area (Å²) in [6.07, 6.45) is 2.82. The van der Waals surface area contributed by atoms with Crippen molar-refractivity contribution < 1.29 is 14.1 Å². The van der Waals surface area contributed by atoms with Gasteiger partial charge in [0, 0.05) is 13.1 Å². The smallest absolute Gasteiger partial charge is 0.399 e. The number of hydrogen-bond acceptors (Lipinski definition) is 3. The molecule has 1 aromatic carbocycles. The minimum atomic E-state index is -0.349. The highest BCUT2D eigenvalue weighted by Crippen LogP contribution is 2.36. The zero-order valence-electron chi connectivity index (χ0n) is 16.2. The van der Waals surface area contributed by atoms with Crippen molar-refractivity contribution in [2.75, 3.05) is 13.1 Å². The van der Waals surface area contributed by atoms with Crippen molar-refractivity contribution in [3.63, 3.8) is 0 Å². The lowest BCUT2D eigenvalue weighted by Crippen LogP contribution is -2.41. The zero-order chi connectivity index (χ0) is 18.2. The van der Waals surface area contributed by atoms with Crippen LogP contribution in [0.3, 0.4) is 0 Å². The van der Waals surface area contributed by atoms with Gasteiger partial charge < -0.3 is 14.2 Å². The van der Waals surface area contributed by atoms with E-state index in [0.717, 1.165) is 30.5 Å². The molecule has 1 amide bonds. The van der Waals surface area contributed by atoms with Crippen LogP contribution >= 0.6 is 0 Å². The second-order valence-corrected chi connectivity index (χ2v) is 8.59. The monoisotopic (exact) mass is 343 g/mol. The van der Waals surface area contributed by atoms with Crippen molar-refractivity contribution in [1.29, 1.82) is 0 Å². The third kappa shape index (κ3) is 3.93. The van der Waals surface area contributed by atoms with Crippen LogP contribution in [0.15, 0.2) is 24.3 Å². The van der Waals surface area contributed by atoms with Crippen LogP contribution in [0.5, 0.6) is 0 Å². The molecule has 0 aromatic heterocycles. The summed E-state index contributed by atoms with van der Waals surface area (Å²) in [5.41, 5.74) is 1.37. The summed E-state index contributed by atoms with van der Waals surface area (Å²) < 4.78 is 12.2. The van der Waals surface area contributed by atoms with E-state index in [9.17, 15) is 4.79 Å². The van der Waals surface area contributed by atoms with E-state index < -0.39 is 0 Å². The molecule has 4 nitrogen and oxygen atoms in total. The fourth-order valence-corrected chi connectivity index (χ4v) is 3.47. The molecule has 2 heterocycles. The van der Waals surface area contributed by atoms with E-state index in [2.05, 4.69) is 34.6 Å². The van der Waals surface area contributed by atoms with E-state index in [-0.39, 0.29) is 24.2 Å². The minimum Gasteiger partial charge on any atom is -0.399 e. The molecule has 2 fully saturated rings. The average Bonchev–Trinajstić information content (AvgIpc) is 2.76. The van der Waals surface area contributed by atoms with Gasteiger partial charge in [-0.25, -0.2) is 0 Å². The van der Waals surface area contributed by atoms with Gasteiger partial charge in [-0.1, -0.05) is 31.2 Å². The number of likely N-dealkylation sites (tertiary alicyclic amines) is 1. The van der Waals surface area contributed by atoms with Gasteiger partial charge in [0.05, 0.1) is 17.6 Å². The second-order valence-electron chi connectivity index (χ2n) is 8.59. The van der Waals surface area contributed by atoms with E-state index in [1.54, 1.807) is 0 Å². The topological polar surface area (TPSA) is 38.8 Å². The first kappa shape index (κ1) is 18.5. The third-order valence-corrected chi connectivity index (χ3v) is 5.87. The summed E-state index contributed by atoms with van der Waals surface area (Å²) in [7, 11) is -0.349. The Labute approximate surface area is 152 Å². The highest BCUT2D eigenvalue weighted by Gasteiger charge is 2.51. The summed E-state index contributed by atoms with van der Waals surface area (Å²) in [6, 6.07) is 8.07. The van der Waals surface area contributed by atoms with Gasteiger partial charge >= 0.3 is 7.12 Å². The average molecular weight is 343 g/mol. The summed E-state index contributed by atoms with van der Waals surface area (Å²) >= 11 is 0. The lowest BCUT2D eigenvalue weighted by Gasteiger charge is -2.32. The number of nitrogens with zero attached hydrogens (tertiary/aromatic N) is 1. The molecule has 2 saturated heterocycles. The summed E-state index contributed by atoms with van der Waals surface area (Å²) in [5.74, 6) is 0.846. The van der Waals surface area contributed by atoms with Gasteiger partial charge in [-0.15, -0.1) is 0 Å². The van der Waals surface area contributed by atoms with Crippen LogP contribution in [0.25, 0.3) is 0 Å². The fourth-order valence-electron chi connectivity index (χ4n) is 3.47. The van der Waals surface area contributed by atoms with Crippen LogP contribution in [0.4, 0.5) is 0 Å². The Bertz CT molecular complexity index is 610. The van der Waals surface area contributed by atoms with Crippen LogP contribution in [0.2, 0.25) is 0 Å². The Kier molecular flexibility index (Phi) is 5.00. The van der Waals surface area contributed by atoms with Gasteiger partial charge in [-0.3, -0.25) is 4.79 Å². The van der Waals surface area contributed by atoms with Crippen molar-refractivity contribution in [3.8, 4) is 0 Å². The number of benzene rings is 1. The van der Waals surface area contributed by atoms with Gasteiger partial charge in [0.25, 0.3) is 0 Å². The molecule has 136 valence electrons. The van der Waals surface area contributed by atoms with Crippen molar-refractivity contribution in [2.45, 2.75) is 65.1 Å². The fraction of sp³-hybridized carbons (Fsp3) is 0.650. The van der Waals surface area contributed by atoms with Crippen molar-refractivity contribution >= 4 is 18.5 Å². The molecule has 0 bridgehead atoms. The predicted octanol–water partition coefficient (Wildman–Crippen LogP) is 2.79. The first-order chi connectivity index (χ1) is 11.7. The quantitative estimate of drug-likeness (QED) is 0.793. The van der Waals surface area contributed by atoms with Gasteiger partial charge in [0.1, 0.15) is 0 Å². The first-order valence-electron chi connectivity index (χ1n) is 9.40. The van der Waals surface area contributed by atoms with Crippen molar-refractivity contribution in [3.05, 3.63) is 29.8 Å². The molecule has 1 unspecified atom stereocenters. The number of piperidine rings is 1. The molecule has 3 rings (SSSR count). The lowest BCUT2D eigenvalue weighted by molar-refractivity contribution is -0.132. The van der Waals surface area contributed by atoms with E-state index >= 15 is 0 Å². The Morgan fingerprint density at radius 3 is 2.32 bits per heavy atom. The third-order valence-electron chi connectivity index (χ3n) is 5.87. The molecule has 0 spiro atoms. The van der Waals surface area contributed by atoms with Crippen LogP contribution < -0.4 is 5.46 Å². The molecule has 1 aromatic rings. The molecule has 0 aliphatic carbocycles. The highest BCUT2D eigenvalue weighted by atomic mass is 16.7. The first-order valence-corrected chi connectivity index (χ1v) is 9.40. The molecule has 25 heavy (non-hydrogen) atoms. The Morgan fingerprint density at radius 1 is 1.16 bits per heavy atom. The highest BCUT2D eigenvalue weighted by molar-refractivity contribution is 6.62. The molecule has 0 saturated carbocycles. The molecule has 1 atom stereocenters. The van der Waals surface area contributed by atoms with E-state index in [4.69, 9.17) is 9.31 Å². The number of hydrogen-bond donors (Lipinski definition) is 0. The summed E-state index contributed by atoms with van der Waals surface area (Å²) in [6.45, 7) is 12.2. The second kappa shape index (κ2) is 6.77. The summed E-state index contributed by atoms with van der Waals surface area (Å²) in [4.78, 5) is 14.5. The van der Waals surface area contributed by atoms with Gasteiger partial charge in [-0.2, -0.15) is 0 Å². The van der Waals surface area contributed by atoms with Gasteiger partial charge in [0.2, 0.25) is 5.91 Å². The Balaban J connectivity index is 1.62. The Morgan fingerprint density at radius 2 is 1.76 bits per heavy atom. The minimum absolute atomic E-state index is 0.231. The number of amides is 1. The van der Waals surface area contributed by atoms with E-state index in [0.29, 0.717) is 12.3 Å². The van der Waals surface area contributed by atoms with Crippen molar-refractivity contribution in [1.82, 2.24) is 4.90 Å². The largest absolute Gasteiger partial charge is 0.494 e. The molecular formula is C20H30BNO3.